The molecule has 3 aromatic rings. The van der Waals surface area contributed by atoms with Crippen molar-refractivity contribution in [2.75, 3.05) is 0 Å². The van der Waals surface area contributed by atoms with Gasteiger partial charge in [0.05, 0.1) is 5.02 Å². The summed E-state index contributed by atoms with van der Waals surface area (Å²) < 4.78 is 5.52. The zero-order chi connectivity index (χ0) is 21.7. The van der Waals surface area contributed by atoms with Gasteiger partial charge in [-0.2, -0.15) is 0 Å². The van der Waals surface area contributed by atoms with Gasteiger partial charge in [0.1, 0.15) is 24.4 Å². The van der Waals surface area contributed by atoms with Gasteiger partial charge in [0, 0.05) is 5.39 Å². The smallest absolute Gasteiger partial charge is 0.184 e. The van der Waals surface area contributed by atoms with Crippen LogP contribution in [0.1, 0.15) is 47.1 Å². The molecular weight excluding hydrogens is 416 g/mol. The van der Waals surface area contributed by atoms with E-state index in [1.165, 1.54) is 18.4 Å². The molecule has 5 atom stereocenters. The minimum Gasteiger partial charge on any atom is -0.387 e. The lowest BCUT2D eigenvalue weighted by Crippen LogP contribution is -2.54. The van der Waals surface area contributed by atoms with Gasteiger partial charge in [0.25, 0.3) is 0 Å². The molecule has 5 nitrogen and oxygen atoms in total. The molecule has 1 aliphatic heterocycles. The molecule has 0 unspecified atom stereocenters. The second kappa shape index (κ2) is 8.17. The Hall–Kier alpha value is -1.99. The fourth-order valence-electron chi connectivity index (χ4n) is 4.45. The number of ether oxygens (including phenoxy) is 1. The van der Waals surface area contributed by atoms with Gasteiger partial charge in [0.15, 0.2) is 6.29 Å². The lowest BCUT2D eigenvalue weighted by atomic mass is 9.88. The average Bonchev–Trinajstić information content (AvgIpc) is 3.63. The molecule has 0 bridgehead atoms. The Morgan fingerprint density at radius 2 is 1.52 bits per heavy atom. The number of hydrogen-bond donors (Lipinski definition) is 4. The second-order valence-corrected chi connectivity index (χ2v) is 8.97. The molecule has 1 aliphatic carbocycles. The lowest BCUT2D eigenvalue weighted by Gasteiger charge is -2.39. The van der Waals surface area contributed by atoms with Gasteiger partial charge < -0.3 is 25.2 Å². The molecule has 2 fully saturated rings. The standard InChI is InChI=1S/C25H25ClO5/c26-20-16(11-13-5-7-14(8-6-13)15-9-10-15)12-19(17-3-1-2-4-18(17)20)24-22(28)21(27)23(29)25(30)31-24/h1-8,12,15,21-25,27-30H,9-11H2/t21-,22-,23+,24+,25+/m1/s1. The molecule has 31 heavy (non-hydrogen) atoms. The highest BCUT2D eigenvalue weighted by molar-refractivity contribution is 6.36. The highest BCUT2D eigenvalue weighted by Gasteiger charge is 2.44. The van der Waals surface area contributed by atoms with E-state index < -0.39 is 30.7 Å². The van der Waals surface area contributed by atoms with E-state index >= 15 is 0 Å². The van der Waals surface area contributed by atoms with Crippen molar-refractivity contribution in [1.82, 2.24) is 0 Å². The van der Waals surface area contributed by atoms with E-state index in [1.807, 2.05) is 30.3 Å². The first-order chi connectivity index (χ1) is 14.9. The van der Waals surface area contributed by atoms with Gasteiger partial charge >= 0.3 is 0 Å². The van der Waals surface area contributed by atoms with Gasteiger partial charge in [-0.3, -0.25) is 0 Å². The number of rotatable bonds is 4. The van der Waals surface area contributed by atoms with E-state index in [4.69, 9.17) is 16.3 Å². The van der Waals surface area contributed by atoms with Crippen LogP contribution in [0.4, 0.5) is 0 Å². The van der Waals surface area contributed by atoms with Crippen molar-refractivity contribution >= 4 is 22.4 Å². The highest BCUT2D eigenvalue weighted by Crippen LogP contribution is 2.41. The Bertz CT molecular complexity index is 1100. The molecule has 0 aromatic heterocycles. The van der Waals surface area contributed by atoms with Gasteiger partial charge in [-0.05, 0) is 52.8 Å². The Morgan fingerprint density at radius 3 is 2.19 bits per heavy atom. The maximum Gasteiger partial charge on any atom is 0.184 e. The Morgan fingerprint density at radius 1 is 0.839 bits per heavy atom. The Kier molecular flexibility index (Phi) is 5.51. The molecule has 2 aliphatic rings. The summed E-state index contributed by atoms with van der Waals surface area (Å²) in [5, 5.41) is 42.9. The first-order valence-corrected chi connectivity index (χ1v) is 11.0. The normalized spacial score (nSPS) is 28.7. The number of fused-ring (bicyclic) bond motifs is 1. The van der Waals surface area contributed by atoms with Crippen molar-refractivity contribution in [3.05, 3.63) is 81.9 Å². The summed E-state index contributed by atoms with van der Waals surface area (Å²) in [6.07, 6.45) is -3.99. The van der Waals surface area contributed by atoms with Crippen LogP contribution in [0, 0.1) is 0 Å². The number of halogens is 1. The van der Waals surface area contributed by atoms with Crippen LogP contribution in [0.25, 0.3) is 10.8 Å². The SMILES string of the molecule is O[C@@H]1[C@@H](O)[C@H](c2cc(Cc3ccc(C4CC4)cc3)c(Cl)c3ccccc23)O[C@H](O)[C@H]1O. The van der Waals surface area contributed by atoms with Crippen LogP contribution >= 0.6 is 11.6 Å². The maximum atomic E-state index is 10.6. The van der Waals surface area contributed by atoms with Crippen LogP contribution in [-0.2, 0) is 11.2 Å². The topological polar surface area (TPSA) is 90.2 Å². The first kappa shape index (κ1) is 20.9. The van der Waals surface area contributed by atoms with Gasteiger partial charge in [-0.25, -0.2) is 0 Å². The first-order valence-electron chi connectivity index (χ1n) is 10.6. The van der Waals surface area contributed by atoms with E-state index in [0.717, 1.165) is 21.9 Å². The summed E-state index contributed by atoms with van der Waals surface area (Å²) in [6.45, 7) is 0. The van der Waals surface area contributed by atoms with Crippen molar-refractivity contribution in [3.63, 3.8) is 0 Å². The number of hydrogen-bond acceptors (Lipinski definition) is 5. The summed E-state index contributed by atoms with van der Waals surface area (Å²) in [4.78, 5) is 0. The molecule has 1 heterocycles. The largest absolute Gasteiger partial charge is 0.387 e. The summed E-state index contributed by atoms with van der Waals surface area (Å²) in [5.74, 6) is 0.697. The Balaban J connectivity index is 1.56. The number of benzene rings is 3. The van der Waals surface area contributed by atoms with Gasteiger partial charge in [-0.1, -0.05) is 66.2 Å². The predicted molar refractivity (Wildman–Crippen MR) is 118 cm³/mol. The summed E-state index contributed by atoms with van der Waals surface area (Å²) in [7, 11) is 0. The van der Waals surface area contributed by atoms with Crippen LogP contribution in [0.5, 0.6) is 0 Å². The van der Waals surface area contributed by atoms with E-state index in [9.17, 15) is 20.4 Å². The molecule has 4 N–H and O–H groups in total. The third kappa shape index (κ3) is 3.87. The number of aliphatic hydroxyl groups excluding tert-OH is 4. The zero-order valence-electron chi connectivity index (χ0n) is 16.9. The third-order valence-electron chi connectivity index (χ3n) is 6.40. The van der Waals surface area contributed by atoms with Crippen molar-refractivity contribution in [3.8, 4) is 0 Å². The van der Waals surface area contributed by atoms with Crippen molar-refractivity contribution in [2.24, 2.45) is 0 Å². The van der Waals surface area contributed by atoms with Crippen LogP contribution in [0.2, 0.25) is 5.02 Å². The Labute approximate surface area is 185 Å². The molecule has 1 saturated carbocycles. The number of aliphatic hydroxyl groups is 4. The molecule has 1 saturated heterocycles. The molecule has 0 amide bonds. The monoisotopic (exact) mass is 440 g/mol. The van der Waals surface area contributed by atoms with Crippen LogP contribution in [-0.4, -0.2) is 45.0 Å². The van der Waals surface area contributed by atoms with Crippen molar-refractivity contribution in [1.29, 1.82) is 0 Å². The van der Waals surface area contributed by atoms with Crippen LogP contribution < -0.4 is 0 Å². The highest BCUT2D eigenvalue weighted by atomic mass is 35.5. The van der Waals surface area contributed by atoms with E-state index in [2.05, 4.69) is 24.3 Å². The average molecular weight is 441 g/mol. The lowest BCUT2D eigenvalue weighted by molar-refractivity contribution is -0.284. The molecule has 3 aromatic carbocycles. The van der Waals surface area contributed by atoms with E-state index in [-0.39, 0.29) is 0 Å². The molecule has 5 rings (SSSR count). The summed E-state index contributed by atoms with van der Waals surface area (Å²) in [6, 6.07) is 18.0. The van der Waals surface area contributed by atoms with Crippen molar-refractivity contribution in [2.45, 2.75) is 55.9 Å². The van der Waals surface area contributed by atoms with Crippen LogP contribution in [0.3, 0.4) is 0 Å². The minimum absolute atomic E-state index is 0.595. The third-order valence-corrected chi connectivity index (χ3v) is 6.85. The fourth-order valence-corrected chi connectivity index (χ4v) is 4.74. The summed E-state index contributed by atoms with van der Waals surface area (Å²) in [5.41, 5.74) is 3.96. The second-order valence-electron chi connectivity index (χ2n) is 8.60. The zero-order valence-corrected chi connectivity index (χ0v) is 17.6. The summed E-state index contributed by atoms with van der Waals surface area (Å²) >= 11 is 6.77. The predicted octanol–water partition coefficient (Wildman–Crippen LogP) is 3.43. The molecule has 0 radical (unpaired) electrons. The van der Waals surface area contributed by atoms with E-state index in [0.29, 0.717) is 22.9 Å². The fraction of sp³-hybridized carbons (Fsp3) is 0.360. The minimum atomic E-state index is -1.60. The molecule has 162 valence electrons. The molecular formula is C25H25ClO5. The molecule has 6 heteroatoms. The molecule has 0 spiro atoms. The van der Waals surface area contributed by atoms with Gasteiger partial charge in [-0.15, -0.1) is 0 Å². The maximum absolute atomic E-state index is 10.6. The van der Waals surface area contributed by atoms with Crippen molar-refractivity contribution < 1.29 is 25.2 Å². The quantitative estimate of drug-likeness (QED) is 0.499. The van der Waals surface area contributed by atoms with E-state index in [1.54, 1.807) is 0 Å². The van der Waals surface area contributed by atoms with Crippen LogP contribution in [0.15, 0.2) is 54.6 Å². The van der Waals surface area contributed by atoms with Gasteiger partial charge in [0.2, 0.25) is 0 Å².